The normalized spacial score (nSPS) is 28.7. The molecule has 4 aromatic carbocycles. The second-order valence-corrected chi connectivity index (χ2v) is 15.9. The smallest absolute Gasteiger partial charge is 0.315 e. The summed E-state index contributed by atoms with van der Waals surface area (Å²) in [5.74, 6) is 3.21. The molecule has 1 heterocycles. The predicted octanol–water partition coefficient (Wildman–Crippen LogP) is 8.95. The number of urea groups is 1. The predicted molar refractivity (Wildman–Crippen MR) is 194 cm³/mol. The third-order valence-corrected chi connectivity index (χ3v) is 12.3. The lowest BCUT2D eigenvalue weighted by atomic mass is 9.53. The molecule has 1 saturated heterocycles. The minimum absolute atomic E-state index is 0.00142. The van der Waals surface area contributed by atoms with Crippen molar-refractivity contribution < 1.29 is 19.4 Å². The number of aliphatic hydroxyl groups excluding tert-OH is 1. The van der Waals surface area contributed by atoms with Crippen LogP contribution in [0.15, 0.2) is 108 Å². The Morgan fingerprint density at radius 3 is 2.10 bits per heavy atom. The summed E-state index contributed by atoms with van der Waals surface area (Å²) < 4.78 is 13.2. The van der Waals surface area contributed by atoms with Gasteiger partial charge in [0.25, 0.3) is 0 Å². The van der Waals surface area contributed by atoms with Crippen LogP contribution in [0.5, 0.6) is 0 Å². The largest absolute Gasteiger partial charge is 0.392 e. The number of ether oxygens (including phenoxy) is 2. The van der Waals surface area contributed by atoms with Gasteiger partial charge in [0.15, 0.2) is 6.29 Å². The van der Waals surface area contributed by atoms with Crippen molar-refractivity contribution >= 4 is 17.8 Å². The molecule has 3 unspecified atom stereocenters. The Hall–Kier alpha value is -3.62. The van der Waals surface area contributed by atoms with Crippen molar-refractivity contribution in [2.24, 2.45) is 17.8 Å². The van der Waals surface area contributed by atoms with Gasteiger partial charge in [-0.25, -0.2) is 4.79 Å². The van der Waals surface area contributed by atoms with Crippen molar-refractivity contribution in [3.05, 3.63) is 125 Å². The molecule has 7 heteroatoms. The Morgan fingerprint density at radius 2 is 1.41 bits per heavy atom. The van der Waals surface area contributed by atoms with Gasteiger partial charge in [0.2, 0.25) is 0 Å². The zero-order valence-electron chi connectivity index (χ0n) is 27.9. The van der Waals surface area contributed by atoms with Crippen LogP contribution in [0.1, 0.15) is 79.6 Å². The summed E-state index contributed by atoms with van der Waals surface area (Å²) in [6.45, 7) is 0.497. The van der Waals surface area contributed by atoms with E-state index >= 15 is 0 Å². The van der Waals surface area contributed by atoms with E-state index in [1.807, 2.05) is 24.3 Å². The highest BCUT2D eigenvalue weighted by Crippen LogP contribution is 2.55. The molecule has 4 aromatic rings. The van der Waals surface area contributed by atoms with Gasteiger partial charge < -0.3 is 25.2 Å². The van der Waals surface area contributed by atoms with Gasteiger partial charge in [-0.05, 0) is 96.2 Å². The fraction of sp³-hybridized carbons (Fsp3) is 0.405. The molecule has 254 valence electrons. The van der Waals surface area contributed by atoms with Gasteiger partial charge in [-0.1, -0.05) is 91.0 Å². The molecule has 5 aliphatic rings. The van der Waals surface area contributed by atoms with Gasteiger partial charge in [0.05, 0.1) is 18.8 Å². The average Bonchev–Trinajstić information content (AvgIpc) is 3.13. The van der Waals surface area contributed by atoms with Gasteiger partial charge >= 0.3 is 6.03 Å². The number of nitrogens with one attached hydrogen (secondary N) is 2. The van der Waals surface area contributed by atoms with Crippen LogP contribution in [0.4, 0.5) is 4.79 Å². The van der Waals surface area contributed by atoms with Crippen LogP contribution < -0.4 is 10.6 Å². The van der Waals surface area contributed by atoms with Crippen molar-refractivity contribution in [3.8, 4) is 11.1 Å². The van der Waals surface area contributed by atoms with Crippen LogP contribution in [0.25, 0.3) is 11.1 Å². The second kappa shape index (κ2) is 14.3. The third-order valence-electron chi connectivity index (χ3n) is 11.2. The quantitative estimate of drug-likeness (QED) is 0.146. The van der Waals surface area contributed by atoms with Crippen LogP contribution in [0.2, 0.25) is 0 Å². The van der Waals surface area contributed by atoms with E-state index in [1.54, 1.807) is 11.8 Å². The molecule has 3 N–H and O–H groups in total. The number of hydrogen-bond donors (Lipinski definition) is 3. The lowest BCUT2D eigenvalue weighted by Crippen LogP contribution is -2.61. The van der Waals surface area contributed by atoms with Crippen LogP contribution in [-0.4, -0.2) is 28.5 Å². The number of thioether (sulfide) groups is 1. The maximum absolute atomic E-state index is 13.2. The second-order valence-electron chi connectivity index (χ2n) is 14.8. The summed E-state index contributed by atoms with van der Waals surface area (Å²) in [4.78, 5) is 14.4. The standard InChI is InChI=1S/C42H46N2O4S/c45-26-28-10-12-33(13-11-28)39-21-36(27-49-37-7-2-1-3-8-37)47-40(48-39)34-16-14-32(15-17-34)38-9-5-4-6-35(38)25-43-41(46)44-42-22-29-18-30(23-42)20-31(19-29)24-42/h1-17,29-31,36,39-40,45H,18-27H2,(H2,43,44,46). The highest BCUT2D eigenvalue weighted by atomic mass is 32.2. The Labute approximate surface area is 294 Å². The molecule has 0 aromatic heterocycles. The number of amides is 2. The van der Waals surface area contributed by atoms with E-state index in [0.29, 0.717) is 6.54 Å². The maximum Gasteiger partial charge on any atom is 0.315 e. The van der Waals surface area contributed by atoms with Gasteiger partial charge in [-0.15, -0.1) is 11.8 Å². The van der Waals surface area contributed by atoms with E-state index in [1.165, 1.54) is 24.2 Å². The third kappa shape index (κ3) is 7.46. The first kappa shape index (κ1) is 32.6. The fourth-order valence-electron chi connectivity index (χ4n) is 9.23. The van der Waals surface area contributed by atoms with E-state index in [4.69, 9.17) is 9.47 Å². The van der Waals surface area contributed by atoms with Crippen LogP contribution in [-0.2, 0) is 22.6 Å². The first-order chi connectivity index (χ1) is 24.0. The molecule has 4 saturated carbocycles. The minimum Gasteiger partial charge on any atom is -0.392 e. The van der Waals surface area contributed by atoms with Crippen LogP contribution in [0.3, 0.4) is 0 Å². The van der Waals surface area contributed by atoms with Crippen molar-refractivity contribution in [3.63, 3.8) is 0 Å². The molecule has 3 atom stereocenters. The van der Waals surface area contributed by atoms with Gasteiger partial charge in [-0.3, -0.25) is 0 Å². The summed E-state index contributed by atoms with van der Waals surface area (Å²) in [7, 11) is 0. The number of carbonyl (C=O) groups excluding carboxylic acids is 1. The monoisotopic (exact) mass is 674 g/mol. The van der Waals surface area contributed by atoms with Gasteiger partial charge in [0, 0.05) is 34.7 Å². The lowest BCUT2D eigenvalue weighted by Gasteiger charge is -2.56. The van der Waals surface area contributed by atoms with Crippen LogP contribution in [0, 0.1) is 17.8 Å². The van der Waals surface area contributed by atoms with Crippen LogP contribution >= 0.6 is 11.8 Å². The Bertz CT molecular complexity index is 1690. The molecule has 4 bridgehead atoms. The van der Waals surface area contributed by atoms with Crippen molar-refractivity contribution in [1.82, 2.24) is 10.6 Å². The van der Waals surface area contributed by atoms with Crippen molar-refractivity contribution in [2.75, 3.05) is 5.75 Å². The summed E-state index contributed by atoms with van der Waals surface area (Å²) in [6.07, 6.45) is 7.66. The SMILES string of the molecule is O=C(NCc1ccccc1-c1ccc(C2OC(CSc3ccccc3)CC(c3ccc(CO)cc3)O2)cc1)NC12CC3CC(CC(C3)C1)C2. The summed E-state index contributed by atoms with van der Waals surface area (Å²) in [5.41, 5.74) is 6.23. The minimum atomic E-state index is -0.503. The van der Waals surface area contributed by atoms with E-state index in [0.717, 1.165) is 82.6 Å². The highest BCUT2D eigenvalue weighted by molar-refractivity contribution is 7.99. The number of aliphatic hydroxyl groups is 1. The van der Waals surface area contributed by atoms with Gasteiger partial charge in [-0.2, -0.15) is 0 Å². The highest BCUT2D eigenvalue weighted by Gasteiger charge is 2.51. The summed E-state index contributed by atoms with van der Waals surface area (Å²) >= 11 is 1.80. The van der Waals surface area contributed by atoms with E-state index in [9.17, 15) is 9.90 Å². The molecule has 0 spiro atoms. The first-order valence-electron chi connectivity index (χ1n) is 17.9. The first-order valence-corrected chi connectivity index (χ1v) is 18.9. The van der Waals surface area contributed by atoms with E-state index in [-0.39, 0.29) is 30.4 Å². The molecular formula is C42H46N2O4S. The molecule has 1 aliphatic heterocycles. The molecule has 5 fully saturated rings. The van der Waals surface area contributed by atoms with Crippen molar-refractivity contribution in [2.45, 2.75) is 87.0 Å². The molecule has 4 aliphatic carbocycles. The van der Waals surface area contributed by atoms with E-state index in [2.05, 4.69) is 89.5 Å². The number of hydrogen-bond acceptors (Lipinski definition) is 5. The average molecular weight is 675 g/mol. The summed E-state index contributed by atoms with van der Waals surface area (Å²) in [5, 5.41) is 16.2. The zero-order chi connectivity index (χ0) is 33.2. The molecule has 6 nitrogen and oxygen atoms in total. The number of benzene rings is 4. The van der Waals surface area contributed by atoms with E-state index < -0.39 is 6.29 Å². The van der Waals surface area contributed by atoms with Crippen molar-refractivity contribution in [1.29, 1.82) is 0 Å². The topological polar surface area (TPSA) is 79.8 Å². The Kier molecular flexibility index (Phi) is 9.52. The molecule has 2 amide bonds. The zero-order valence-corrected chi connectivity index (χ0v) is 28.7. The molecule has 49 heavy (non-hydrogen) atoms. The Morgan fingerprint density at radius 1 is 0.755 bits per heavy atom. The van der Waals surface area contributed by atoms with Gasteiger partial charge in [0.1, 0.15) is 0 Å². The Balaban J connectivity index is 0.947. The molecular weight excluding hydrogens is 629 g/mol. The lowest BCUT2D eigenvalue weighted by molar-refractivity contribution is -0.245. The molecule has 9 rings (SSSR count). The fourth-order valence-corrected chi connectivity index (χ4v) is 10.2. The number of rotatable bonds is 10. The maximum atomic E-state index is 13.2. The molecule has 0 radical (unpaired) electrons. The summed E-state index contributed by atoms with van der Waals surface area (Å²) in [6, 6.07) is 35.2. The number of carbonyl (C=O) groups is 1.